The van der Waals surface area contributed by atoms with Crippen molar-refractivity contribution in [1.82, 2.24) is 5.32 Å². The zero-order valence-electron chi connectivity index (χ0n) is 13.2. The molecule has 1 atom stereocenters. The lowest BCUT2D eigenvalue weighted by Gasteiger charge is -2.33. The van der Waals surface area contributed by atoms with Crippen molar-refractivity contribution >= 4 is 0 Å². The smallest absolute Gasteiger partial charge is 0.0208 e. The molecule has 0 spiro atoms. The van der Waals surface area contributed by atoms with Gasteiger partial charge in [0, 0.05) is 24.9 Å². The molecule has 114 valence electrons. The Labute approximate surface area is 138 Å². The molecule has 3 aromatic carbocycles. The van der Waals surface area contributed by atoms with Crippen LogP contribution in [0.25, 0.3) is 0 Å². The van der Waals surface area contributed by atoms with Gasteiger partial charge in [-0.05, 0) is 22.3 Å². The molecule has 0 fully saturated rings. The topological polar surface area (TPSA) is 12.0 Å². The maximum atomic E-state index is 3.61. The Kier molecular flexibility index (Phi) is 3.95. The van der Waals surface area contributed by atoms with Crippen LogP contribution in [0.5, 0.6) is 0 Å². The molecule has 0 bridgehead atoms. The van der Waals surface area contributed by atoms with E-state index in [0.29, 0.717) is 11.8 Å². The minimum atomic E-state index is 0.381. The van der Waals surface area contributed by atoms with Crippen LogP contribution in [-0.4, -0.2) is 6.54 Å². The average molecular weight is 299 g/mol. The predicted octanol–water partition coefficient (Wildman–Crippen LogP) is 4.71. The zero-order chi connectivity index (χ0) is 15.5. The van der Waals surface area contributed by atoms with Crippen LogP contribution in [0.3, 0.4) is 0 Å². The number of nitrogens with one attached hydrogen (secondary N) is 1. The first kappa shape index (κ1) is 14.2. The first-order chi connectivity index (χ1) is 11.4. The lowest BCUT2D eigenvalue weighted by Crippen LogP contribution is -2.32. The van der Waals surface area contributed by atoms with Crippen molar-refractivity contribution < 1.29 is 0 Å². The van der Waals surface area contributed by atoms with Gasteiger partial charge in [-0.2, -0.15) is 0 Å². The molecule has 0 aromatic heterocycles. The van der Waals surface area contributed by atoms with Crippen LogP contribution in [0.1, 0.15) is 34.1 Å². The zero-order valence-corrected chi connectivity index (χ0v) is 13.2. The highest BCUT2D eigenvalue weighted by molar-refractivity contribution is 5.42. The monoisotopic (exact) mass is 299 g/mol. The van der Waals surface area contributed by atoms with Crippen LogP contribution >= 0.6 is 0 Å². The van der Waals surface area contributed by atoms with E-state index >= 15 is 0 Å². The minimum absolute atomic E-state index is 0.381. The largest absolute Gasteiger partial charge is 0.312 e. The van der Waals surface area contributed by atoms with Gasteiger partial charge in [-0.25, -0.2) is 0 Å². The predicted molar refractivity (Wildman–Crippen MR) is 95.6 cm³/mol. The van der Waals surface area contributed by atoms with Crippen LogP contribution < -0.4 is 5.32 Å². The summed E-state index contributed by atoms with van der Waals surface area (Å²) in [5.41, 5.74) is 5.70. The Morgan fingerprint density at radius 2 is 1.26 bits per heavy atom. The van der Waals surface area contributed by atoms with E-state index in [9.17, 15) is 0 Å². The Bertz CT molecular complexity index is 725. The van der Waals surface area contributed by atoms with Crippen LogP contribution in [0.4, 0.5) is 0 Å². The summed E-state index contributed by atoms with van der Waals surface area (Å²) >= 11 is 0. The van der Waals surface area contributed by atoms with E-state index in [2.05, 4.69) is 90.2 Å². The molecule has 0 saturated carbocycles. The first-order valence-electron chi connectivity index (χ1n) is 8.32. The molecule has 1 N–H and O–H groups in total. The summed E-state index contributed by atoms with van der Waals surface area (Å²) in [4.78, 5) is 0. The molecular formula is C22H21N. The van der Waals surface area contributed by atoms with Crippen molar-refractivity contribution in [3.8, 4) is 0 Å². The van der Waals surface area contributed by atoms with Gasteiger partial charge in [0.05, 0.1) is 0 Å². The molecule has 1 nitrogen and oxygen atoms in total. The number of hydrogen-bond donors (Lipinski definition) is 1. The Balaban J connectivity index is 1.84. The van der Waals surface area contributed by atoms with Crippen molar-refractivity contribution in [1.29, 1.82) is 0 Å². The van der Waals surface area contributed by atoms with Crippen LogP contribution in [-0.2, 0) is 6.54 Å². The molecule has 1 heterocycles. The lowest BCUT2D eigenvalue weighted by molar-refractivity contribution is 0.501. The van der Waals surface area contributed by atoms with Crippen molar-refractivity contribution in [2.75, 3.05) is 6.54 Å². The summed E-state index contributed by atoms with van der Waals surface area (Å²) in [6.07, 6.45) is 0. The SMILES string of the molecule is c1ccc(C(c2ccccc2)[C@H]2CNCc3ccccc32)cc1. The second-order valence-electron chi connectivity index (χ2n) is 6.24. The number of fused-ring (bicyclic) bond motifs is 1. The summed E-state index contributed by atoms with van der Waals surface area (Å²) in [6.45, 7) is 1.99. The van der Waals surface area contributed by atoms with Gasteiger partial charge in [0.2, 0.25) is 0 Å². The molecule has 0 unspecified atom stereocenters. The maximum absolute atomic E-state index is 3.61. The maximum Gasteiger partial charge on any atom is 0.0208 e. The number of benzene rings is 3. The second kappa shape index (κ2) is 6.39. The summed E-state index contributed by atoms with van der Waals surface area (Å²) in [6, 6.07) is 30.7. The molecule has 23 heavy (non-hydrogen) atoms. The first-order valence-corrected chi connectivity index (χ1v) is 8.32. The molecule has 0 amide bonds. The van der Waals surface area contributed by atoms with Crippen molar-refractivity contribution in [2.45, 2.75) is 18.4 Å². The summed E-state index contributed by atoms with van der Waals surface area (Å²) in [5, 5.41) is 3.61. The molecule has 0 saturated heterocycles. The Morgan fingerprint density at radius 3 is 1.91 bits per heavy atom. The normalized spacial score (nSPS) is 17.0. The fourth-order valence-electron chi connectivity index (χ4n) is 3.80. The molecule has 1 aliphatic rings. The van der Waals surface area contributed by atoms with Gasteiger partial charge in [-0.15, -0.1) is 0 Å². The fourth-order valence-corrected chi connectivity index (χ4v) is 3.80. The molecule has 0 aliphatic carbocycles. The van der Waals surface area contributed by atoms with E-state index < -0.39 is 0 Å². The van der Waals surface area contributed by atoms with Gasteiger partial charge < -0.3 is 5.32 Å². The van der Waals surface area contributed by atoms with E-state index in [4.69, 9.17) is 0 Å². The lowest BCUT2D eigenvalue weighted by atomic mass is 9.74. The van der Waals surface area contributed by atoms with E-state index in [-0.39, 0.29) is 0 Å². The van der Waals surface area contributed by atoms with Gasteiger partial charge in [0.1, 0.15) is 0 Å². The van der Waals surface area contributed by atoms with Gasteiger partial charge in [-0.1, -0.05) is 84.9 Å². The van der Waals surface area contributed by atoms with Gasteiger partial charge >= 0.3 is 0 Å². The van der Waals surface area contributed by atoms with Crippen molar-refractivity contribution in [3.63, 3.8) is 0 Å². The fraction of sp³-hybridized carbons (Fsp3) is 0.182. The number of hydrogen-bond acceptors (Lipinski definition) is 1. The standard InChI is InChI=1S/C22H21N/c1-3-9-17(10-4-1)22(18-11-5-2-6-12-18)21-16-23-15-19-13-7-8-14-20(19)21/h1-14,21-23H,15-16H2/t21-/m0/s1. The highest BCUT2D eigenvalue weighted by Crippen LogP contribution is 2.40. The van der Waals surface area contributed by atoms with Crippen molar-refractivity contribution in [3.05, 3.63) is 107 Å². The van der Waals surface area contributed by atoms with E-state index in [1.54, 1.807) is 0 Å². The Hall–Kier alpha value is -2.38. The second-order valence-corrected chi connectivity index (χ2v) is 6.24. The Morgan fingerprint density at radius 1 is 0.696 bits per heavy atom. The van der Waals surface area contributed by atoms with E-state index in [0.717, 1.165) is 13.1 Å². The summed E-state index contributed by atoms with van der Waals surface area (Å²) in [5.74, 6) is 0.844. The van der Waals surface area contributed by atoms with Crippen molar-refractivity contribution in [2.24, 2.45) is 0 Å². The van der Waals surface area contributed by atoms with Crippen LogP contribution in [0.2, 0.25) is 0 Å². The third-order valence-electron chi connectivity index (χ3n) is 4.85. The van der Waals surface area contributed by atoms with Crippen LogP contribution in [0, 0.1) is 0 Å². The number of rotatable bonds is 3. The van der Waals surface area contributed by atoms with Gasteiger partial charge in [-0.3, -0.25) is 0 Å². The average Bonchev–Trinajstić information content (AvgIpc) is 2.64. The van der Waals surface area contributed by atoms with Gasteiger partial charge in [0.25, 0.3) is 0 Å². The van der Waals surface area contributed by atoms with E-state index in [1.165, 1.54) is 22.3 Å². The third-order valence-corrected chi connectivity index (χ3v) is 4.85. The molecule has 1 aliphatic heterocycles. The molecule has 4 rings (SSSR count). The minimum Gasteiger partial charge on any atom is -0.312 e. The molecule has 1 heteroatoms. The highest BCUT2D eigenvalue weighted by atomic mass is 14.9. The van der Waals surface area contributed by atoms with Gasteiger partial charge in [0.15, 0.2) is 0 Å². The quantitative estimate of drug-likeness (QED) is 0.739. The van der Waals surface area contributed by atoms with E-state index in [1.807, 2.05) is 0 Å². The molecular weight excluding hydrogens is 278 g/mol. The molecule has 0 radical (unpaired) electrons. The molecule has 3 aromatic rings. The third kappa shape index (κ3) is 2.80. The highest BCUT2D eigenvalue weighted by Gasteiger charge is 2.29. The summed E-state index contributed by atoms with van der Waals surface area (Å²) < 4.78 is 0. The van der Waals surface area contributed by atoms with Crippen LogP contribution in [0.15, 0.2) is 84.9 Å². The summed E-state index contributed by atoms with van der Waals surface area (Å²) in [7, 11) is 0.